The van der Waals surface area contributed by atoms with Crippen molar-refractivity contribution in [3.63, 3.8) is 0 Å². The van der Waals surface area contributed by atoms with E-state index in [1.165, 1.54) is 18.3 Å². The molecule has 0 spiro atoms. The molecule has 2 heteroatoms. The first-order valence-electron chi connectivity index (χ1n) is 2.72. The van der Waals surface area contributed by atoms with Crippen LogP contribution >= 0.6 is 0 Å². The minimum absolute atomic E-state index is 0.199. The third kappa shape index (κ3) is 1.26. The Morgan fingerprint density at radius 3 is 2.60 bits per heavy atom. The van der Waals surface area contributed by atoms with Gasteiger partial charge in [-0.2, -0.15) is 0 Å². The SMILES string of the molecule is [O]c1ccccc1C#CF. The molecule has 1 aromatic rings. The van der Waals surface area contributed by atoms with E-state index >= 15 is 0 Å². The van der Waals surface area contributed by atoms with E-state index in [-0.39, 0.29) is 11.3 Å². The van der Waals surface area contributed by atoms with Crippen molar-refractivity contribution in [2.24, 2.45) is 0 Å². The molecular weight excluding hydrogens is 131 g/mol. The summed E-state index contributed by atoms with van der Waals surface area (Å²) in [6, 6.07) is 6.06. The van der Waals surface area contributed by atoms with Gasteiger partial charge in [0.2, 0.25) is 0 Å². The van der Waals surface area contributed by atoms with Crippen LogP contribution in [0.25, 0.3) is 0 Å². The van der Waals surface area contributed by atoms with Gasteiger partial charge in [-0.15, -0.1) is 4.39 Å². The Morgan fingerprint density at radius 2 is 2.00 bits per heavy atom. The normalized spacial score (nSPS) is 8.10. The molecule has 0 aliphatic heterocycles. The molecule has 0 bridgehead atoms. The Kier molecular flexibility index (Phi) is 1.91. The lowest BCUT2D eigenvalue weighted by molar-refractivity contribution is 0.353. The zero-order chi connectivity index (χ0) is 7.40. The molecule has 0 saturated heterocycles. The number of para-hydroxylation sites is 1. The molecule has 0 aliphatic rings. The van der Waals surface area contributed by atoms with Crippen LogP contribution < -0.4 is 0 Å². The molecule has 1 nitrogen and oxygen atoms in total. The quantitative estimate of drug-likeness (QED) is 0.485. The molecule has 0 amide bonds. The zero-order valence-electron chi connectivity index (χ0n) is 5.10. The summed E-state index contributed by atoms with van der Waals surface area (Å²) >= 11 is 0. The Hall–Kier alpha value is -1.49. The maximum absolute atomic E-state index is 11.4. The Morgan fingerprint density at radius 1 is 1.30 bits per heavy atom. The molecule has 49 valence electrons. The van der Waals surface area contributed by atoms with Crippen molar-refractivity contribution in [3.8, 4) is 17.8 Å². The molecule has 1 aromatic carbocycles. The molecule has 0 aromatic heterocycles. The average molecular weight is 135 g/mol. The van der Waals surface area contributed by atoms with Crippen LogP contribution in [-0.2, 0) is 5.11 Å². The molecule has 0 heterocycles. The van der Waals surface area contributed by atoms with Gasteiger partial charge in [0, 0.05) is 0 Å². The van der Waals surface area contributed by atoms with Crippen LogP contribution in [0, 0.1) is 12.1 Å². The average Bonchev–Trinajstić information content (AvgIpc) is 1.94. The summed E-state index contributed by atoms with van der Waals surface area (Å²) in [5.74, 6) is 1.80. The number of benzene rings is 1. The molecule has 0 N–H and O–H groups in total. The van der Waals surface area contributed by atoms with Crippen molar-refractivity contribution < 1.29 is 9.50 Å². The maximum Gasteiger partial charge on any atom is 0.194 e. The summed E-state index contributed by atoms with van der Waals surface area (Å²) < 4.78 is 11.4. The third-order valence-corrected chi connectivity index (χ3v) is 1.07. The van der Waals surface area contributed by atoms with E-state index in [1.807, 2.05) is 5.92 Å². The van der Waals surface area contributed by atoms with E-state index < -0.39 is 0 Å². The van der Waals surface area contributed by atoms with E-state index in [9.17, 15) is 9.50 Å². The fourth-order valence-corrected chi connectivity index (χ4v) is 0.621. The molecule has 0 saturated carbocycles. The van der Waals surface area contributed by atoms with E-state index in [4.69, 9.17) is 0 Å². The van der Waals surface area contributed by atoms with Crippen LogP contribution in [0.15, 0.2) is 24.3 Å². The maximum atomic E-state index is 11.4. The number of halogens is 1. The number of rotatable bonds is 0. The van der Waals surface area contributed by atoms with Crippen molar-refractivity contribution in [1.29, 1.82) is 0 Å². The summed E-state index contributed by atoms with van der Waals surface area (Å²) in [6.07, 6.45) is 1.17. The smallest absolute Gasteiger partial charge is 0.194 e. The van der Waals surface area contributed by atoms with Crippen molar-refractivity contribution >= 4 is 0 Å². The molecule has 0 aliphatic carbocycles. The molecule has 1 radical (unpaired) electrons. The highest BCUT2D eigenvalue weighted by molar-refractivity contribution is 5.43. The van der Waals surface area contributed by atoms with Crippen LogP contribution in [-0.4, -0.2) is 0 Å². The molecule has 0 fully saturated rings. The van der Waals surface area contributed by atoms with Gasteiger partial charge in [0.1, 0.15) is 6.17 Å². The number of hydrogen-bond acceptors (Lipinski definition) is 0. The molecular formula is C8H4FO. The molecule has 0 atom stereocenters. The summed E-state index contributed by atoms with van der Waals surface area (Å²) in [7, 11) is 0. The summed E-state index contributed by atoms with van der Waals surface area (Å²) in [4.78, 5) is 0. The lowest BCUT2D eigenvalue weighted by Crippen LogP contribution is -1.71. The topological polar surface area (TPSA) is 19.9 Å². The van der Waals surface area contributed by atoms with Crippen LogP contribution in [0.4, 0.5) is 4.39 Å². The van der Waals surface area contributed by atoms with Gasteiger partial charge in [-0.1, -0.05) is 12.1 Å². The fraction of sp³-hybridized carbons (Fsp3) is 0. The largest absolute Gasteiger partial charge is 0.289 e. The molecule has 0 unspecified atom stereocenters. The second-order valence-electron chi connectivity index (χ2n) is 1.72. The monoisotopic (exact) mass is 135 g/mol. The van der Waals surface area contributed by atoms with Gasteiger partial charge in [-0.25, -0.2) is 0 Å². The van der Waals surface area contributed by atoms with Gasteiger partial charge in [-0.05, 0) is 18.1 Å². The first-order valence-corrected chi connectivity index (χ1v) is 2.72. The predicted molar refractivity (Wildman–Crippen MR) is 34.6 cm³/mol. The lowest BCUT2D eigenvalue weighted by atomic mass is 10.2. The van der Waals surface area contributed by atoms with E-state index in [2.05, 4.69) is 0 Å². The Bertz CT molecular complexity index is 283. The van der Waals surface area contributed by atoms with Crippen molar-refractivity contribution in [2.75, 3.05) is 0 Å². The highest BCUT2D eigenvalue weighted by atomic mass is 19.1. The highest BCUT2D eigenvalue weighted by Gasteiger charge is 1.95. The van der Waals surface area contributed by atoms with Crippen LogP contribution in [0.5, 0.6) is 5.75 Å². The summed E-state index contributed by atoms with van der Waals surface area (Å²) in [5.41, 5.74) is 0.199. The number of hydrogen-bond donors (Lipinski definition) is 0. The van der Waals surface area contributed by atoms with Crippen LogP contribution in [0.1, 0.15) is 5.56 Å². The fourth-order valence-electron chi connectivity index (χ4n) is 0.621. The van der Waals surface area contributed by atoms with Crippen LogP contribution in [0.3, 0.4) is 0 Å². The second-order valence-corrected chi connectivity index (χ2v) is 1.72. The lowest BCUT2D eigenvalue weighted by Gasteiger charge is -1.87. The second kappa shape index (κ2) is 2.88. The van der Waals surface area contributed by atoms with Gasteiger partial charge in [0.05, 0.1) is 5.56 Å². The van der Waals surface area contributed by atoms with E-state index in [1.54, 1.807) is 12.1 Å². The van der Waals surface area contributed by atoms with Crippen LogP contribution in [0.2, 0.25) is 0 Å². The van der Waals surface area contributed by atoms with Crippen molar-refractivity contribution in [3.05, 3.63) is 29.8 Å². The van der Waals surface area contributed by atoms with Gasteiger partial charge in [0.25, 0.3) is 0 Å². The third-order valence-electron chi connectivity index (χ3n) is 1.07. The van der Waals surface area contributed by atoms with Gasteiger partial charge < -0.3 is 0 Å². The van der Waals surface area contributed by atoms with Gasteiger partial charge >= 0.3 is 0 Å². The van der Waals surface area contributed by atoms with Gasteiger partial charge in [0.15, 0.2) is 5.75 Å². The Labute approximate surface area is 58.1 Å². The summed E-state index contributed by atoms with van der Waals surface area (Å²) in [6.45, 7) is 0. The first kappa shape index (κ1) is 6.63. The first-order chi connectivity index (χ1) is 4.84. The minimum atomic E-state index is -0.243. The molecule has 1 rings (SSSR count). The van der Waals surface area contributed by atoms with Crippen molar-refractivity contribution in [2.45, 2.75) is 0 Å². The van der Waals surface area contributed by atoms with Gasteiger partial charge in [-0.3, -0.25) is 5.11 Å². The van der Waals surface area contributed by atoms with Crippen molar-refractivity contribution in [1.82, 2.24) is 0 Å². The molecule has 10 heavy (non-hydrogen) atoms. The van der Waals surface area contributed by atoms with E-state index in [0.717, 1.165) is 0 Å². The minimum Gasteiger partial charge on any atom is -0.289 e. The summed E-state index contributed by atoms with van der Waals surface area (Å²) in [5, 5.41) is 10.7. The standard InChI is InChI=1S/C8H4FO/c9-6-5-7-3-1-2-4-8(7)10/h1-4H. The highest BCUT2D eigenvalue weighted by Crippen LogP contribution is 2.14. The van der Waals surface area contributed by atoms with E-state index in [0.29, 0.717) is 0 Å². The predicted octanol–water partition coefficient (Wildman–Crippen LogP) is 2.11. The Balaban J connectivity index is 3.11. The zero-order valence-corrected chi connectivity index (χ0v) is 5.10.